The highest BCUT2D eigenvalue weighted by molar-refractivity contribution is 7.15. The fourth-order valence-corrected chi connectivity index (χ4v) is 3.71. The first-order chi connectivity index (χ1) is 10.1. The first-order valence-corrected chi connectivity index (χ1v) is 9.31. The fraction of sp³-hybridized carbons (Fsp3) is 0.824. The summed E-state index contributed by atoms with van der Waals surface area (Å²) in [5.74, 6) is 0.545. The second-order valence-corrected chi connectivity index (χ2v) is 7.01. The molecule has 4 heteroatoms. The quantitative estimate of drug-likeness (QED) is 0.674. The third-order valence-electron chi connectivity index (χ3n) is 4.25. The molecule has 0 saturated carbocycles. The van der Waals surface area contributed by atoms with Crippen molar-refractivity contribution in [3.05, 3.63) is 10.6 Å². The molecule has 0 aromatic carbocycles. The van der Waals surface area contributed by atoms with Crippen LogP contribution in [0.3, 0.4) is 0 Å². The number of hydrogen-bond donors (Lipinski definition) is 1. The number of hydrogen-bond acceptors (Lipinski definition) is 4. The van der Waals surface area contributed by atoms with Crippen molar-refractivity contribution in [1.82, 2.24) is 10.3 Å². The van der Waals surface area contributed by atoms with Gasteiger partial charge in [-0.05, 0) is 39.2 Å². The molecule has 2 unspecified atom stereocenters. The fourth-order valence-electron chi connectivity index (χ4n) is 2.39. The van der Waals surface area contributed by atoms with Crippen LogP contribution < -0.4 is 10.2 Å². The Kier molecular flexibility index (Phi) is 8.27. The highest BCUT2D eigenvalue weighted by atomic mass is 32.1. The zero-order valence-electron chi connectivity index (χ0n) is 14.7. The van der Waals surface area contributed by atoms with E-state index in [0.29, 0.717) is 12.0 Å². The maximum absolute atomic E-state index is 5.03. The zero-order valence-corrected chi connectivity index (χ0v) is 15.5. The molecule has 1 aromatic rings. The highest BCUT2D eigenvalue weighted by Gasteiger charge is 2.21. The minimum absolute atomic E-state index is 0.545. The number of nitrogens with one attached hydrogen (secondary N) is 1. The summed E-state index contributed by atoms with van der Waals surface area (Å²) >= 11 is 1.88. The third-order valence-corrected chi connectivity index (χ3v) is 5.36. The second kappa shape index (κ2) is 9.42. The van der Waals surface area contributed by atoms with Crippen LogP contribution in [-0.4, -0.2) is 24.6 Å². The number of unbranched alkanes of at least 4 members (excludes halogenated alkanes) is 1. The van der Waals surface area contributed by atoms with Crippen LogP contribution in [0.5, 0.6) is 0 Å². The van der Waals surface area contributed by atoms with Gasteiger partial charge < -0.3 is 10.2 Å². The summed E-state index contributed by atoms with van der Waals surface area (Å²) in [6.45, 7) is 13.4. The van der Waals surface area contributed by atoms with Crippen LogP contribution in [0.4, 0.5) is 5.13 Å². The van der Waals surface area contributed by atoms with Gasteiger partial charge in [-0.25, -0.2) is 4.98 Å². The van der Waals surface area contributed by atoms with Gasteiger partial charge in [-0.2, -0.15) is 0 Å². The predicted octanol–water partition coefficient (Wildman–Crippen LogP) is 4.78. The van der Waals surface area contributed by atoms with E-state index >= 15 is 0 Å². The minimum Gasteiger partial charge on any atom is -0.345 e. The van der Waals surface area contributed by atoms with E-state index in [1.54, 1.807) is 0 Å². The predicted molar refractivity (Wildman–Crippen MR) is 95.6 cm³/mol. The van der Waals surface area contributed by atoms with Crippen molar-refractivity contribution < 1.29 is 0 Å². The molecule has 1 N–H and O–H groups in total. The summed E-state index contributed by atoms with van der Waals surface area (Å²) in [6.07, 6.45) is 4.80. The minimum atomic E-state index is 0.545. The first-order valence-electron chi connectivity index (χ1n) is 8.49. The summed E-state index contributed by atoms with van der Waals surface area (Å²) in [5.41, 5.74) is 1.30. The van der Waals surface area contributed by atoms with Gasteiger partial charge in [-0.15, -0.1) is 11.3 Å². The van der Waals surface area contributed by atoms with Crippen LogP contribution in [0.2, 0.25) is 0 Å². The molecule has 0 fully saturated rings. The van der Waals surface area contributed by atoms with Crippen molar-refractivity contribution in [2.24, 2.45) is 0 Å². The van der Waals surface area contributed by atoms with E-state index in [9.17, 15) is 0 Å². The smallest absolute Gasteiger partial charge is 0.186 e. The lowest BCUT2D eigenvalue weighted by Gasteiger charge is -2.28. The molecule has 0 spiro atoms. The summed E-state index contributed by atoms with van der Waals surface area (Å²) in [7, 11) is 2.02. The topological polar surface area (TPSA) is 28.2 Å². The monoisotopic (exact) mass is 311 g/mol. The Morgan fingerprint density at radius 2 is 1.90 bits per heavy atom. The van der Waals surface area contributed by atoms with Crippen LogP contribution >= 0.6 is 11.3 Å². The van der Waals surface area contributed by atoms with Crippen LogP contribution in [0.1, 0.15) is 76.8 Å². The Balaban J connectivity index is 3.06. The van der Waals surface area contributed by atoms with E-state index in [1.165, 1.54) is 35.0 Å². The second-order valence-electron chi connectivity index (χ2n) is 5.95. The highest BCUT2D eigenvalue weighted by Crippen LogP contribution is 2.33. The molecular formula is C17H33N3S. The van der Waals surface area contributed by atoms with Crippen molar-refractivity contribution in [3.63, 3.8) is 0 Å². The Morgan fingerprint density at radius 1 is 1.19 bits per heavy atom. The van der Waals surface area contributed by atoms with Crippen LogP contribution in [0.15, 0.2) is 0 Å². The molecular weight excluding hydrogens is 278 g/mol. The summed E-state index contributed by atoms with van der Waals surface area (Å²) < 4.78 is 0. The zero-order chi connectivity index (χ0) is 15.8. The maximum Gasteiger partial charge on any atom is 0.186 e. The van der Waals surface area contributed by atoms with E-state index in [4.69, 9.17) is 4.98 Å². The van der Waals surface area contributed by atoms with Crippen molar-refractivity contribution in [3.8, 4) is 0 Å². The van der Waals surface area contributed by atoms with Gasteiger partial charge in [-0.3, -0.25) is 0 Å². The molecule has 0 aliphatic heterocycles. The summed E-state index contributed by atoms with van der Waals surface area (Å²) in [6, 6.07) is 0.565. The molecule has 3 nitrogen and oxygen atoms in total. The van der Waals surface area contributed by atoms with Crippen molar-refractivity contribution >= 4 is 16.5 Å². The number of nitrogens with zero attached hydrogens (tertiary/aromatic N) is 2. The molecule has 2 atom stereocenters. The molecule has 0 aliphatic carbocycles. The van der Waals surface area contributed by atoms with Gasteiger partial charge in [0.25, 0.3) is 0 Å². The summed E-state index contributed by atoms with van der Waals surface area (Å²) in [5, 5.41) is 4.51. The SMILES string of the molecule is CCCCN(c1nc(C(C)CC)c(CNC)s1)C(C)CC. The molecule has 0 bridgehead atoms. The molecule has 0 saturated heterocycles. The average Bonchev–Trinajstić information content (AvgIpc) is 2.90. The van der Waals surface area contributed by atoms with Gasteiger partial charge in [0.2, 0.25) is 0 Å². The number of aromatic nitrogens is 1. The standard InChI is InChI=1S/C17H33N3S/c1-7-10-11-20(14(5)9-3)17-19-16(13(4)8-2)15(21-17)12-18-6/h13-14,18H,7-12H2,1-6H3. The van der Waals surface area contributed by atoms with Gasteiger partial charge in [0, 0.05) is 24.0 Å². The number of thiazole rings is 1. The lowest BCUT2D eigenvalue weighted by atomic mass is 10.0. The van der Waals surface area contributed by atoms with E-state index in [1.807, 2.05) is 18.4 Å². The van der Waals surface area contributed by atoms with Crippen LogP contribution in [-0.2, 0) is 6.54 Å². The van der Waals surface area contributed by atoms with Crippen LogP contribution in [0.25, 0.3) is 0 Å². The third kappa shape index (κ3) is 4.96. The van der Waals surface area contributed by atoms with E-state index < -0.39 is 0 Å². The van der Waals surface area contributed by atoms with Crippen molar-refractivity contribution in [2.45, 2.75) is 78.8 Å². The molecule has 0 aliphatic rings. The van der Waals surface area contributed by atoms with E-state index in [-0.39, 0.29) is 0 Å². The largest absolute Gasteiger partial charge is 0.345 e. The molecule has 0 radical (unpaired) electrons. The molecule has 0 amide bonds. The number of anilines is 1. The van der Waals surface area contributed by atoms with Crippen molar-refractivity contribution in [1.29, 1.82) is 0 Å². The maximum atomic E-state index is 5.03. The van der Waals surface area contributed by atoms with Gasteiger partial charge in [0.1, 0.15) is 0 Å². The van der Waals surface area contributed by atoms with Gasteiger partial charge in [-0.1, -0.05) is 34.1 Å². The van der Waals surface area contributed by atoms with Gasteiger partial charge in [0.15, 0.2) is 5.13 Å². The molecule has 1 heterocycles. The first kappa shape index (κ1) is 18.4. The van der Waals surface area contributed by atoms with E-state index in [2.05, 4.69) is 44.8 Å². The summed E-state index contributed by atoms with van der Waals surface area (Å²) in [4.78, 5) is 8.95. The van der Waals surface area contributed by atoms with Crippen molar-refractivity contribution in [2.75, 3.05) is 18.5 Å². The Labute approximate surface area is 135 Å². The number of rotatable bonds is 10. The van der Waals surface area contributed by atoms with Crippen LogP contribution in [0, 0.1) is 0 Å². The van der Waals surface area contributed by atoms with Gasteiger partial charge in [0.05, 0.1) is 5.69 Å². The molecule has 1 aromatic heterocycles. The Hall–Kier alpha value is -0.610. The average molecular weight is 312 g/mol. The lowest BCUT2D eigenvalue weighted by molar-refractivity contribution is 0.592. The Morgan fingerprint density at radius 3 is 2.43 bits per heavy atom. The van der Waals surface area contributed by atoms with E-state index in [0.717, 1.165) is 19.5 Å². The molecule has 122 valence electrons. The molecule has 1 rings (SSSR count). The molecule has 21 heavy (non-hydrogen) atoms. The van der Waals surface area contributed by atoms with Gasteiger partial charge >= 0.3 is 0 Å². The Bertz CT molecular complexity index is 403. The normalized spacial score (nSPS) is 14.2. The lowest BCUT2D eigenvalue weighted by Crippen LogP contribution is -2.33.